The Morgan fingerprint density at radius 3 is 2.96 bits per heavy atom. The molecule has 28 heavy (non-hydrogen) atoms. The average Bonchev–Trinajstić information content (AvgIpc) is 3.18. The molecule has 1 aliphatic heterocycles. The number of aliphatic carboxylic acids is 1. The summed E-state index contributed by atoms with van der Waals surface area (Å²) in [5.74, 6) is -0.431. The van der Waals surface area contributed by atoms with Crippen LogP contribution in [-0.2, 0) is 16.2 Å². The minimum absolute atomic E-state index is 0.000460. The monoisotopic (exact) mass is 454 g/mol. The molecule has 0 aliphatic carbocycles. The molecule has 3 rings (SSSR count). The number of carbonyl (C=O) groups excluding carboxylic acids is 1. The van der Waals surface area contributed by atoms with Crippen LogP contribution in [0.5, 0.6) is 5.75 Å². The third-order valence-electron chi connectivity index (χ3n) is 3.71. The second kappa shape index (κ2) is 9.51. The molecule has 1 N–H and O–H groups in total. The van der Waals surface area contributed by atoms with Crippen LogP contribution in [0.25, 0.3) is 6.08 Å². The van der Waals surface area contributed by atoms with E-state index in [-0.39, 0.29) is 12.3 Å². The zero-order valence-electron chi connectivity index (χ0n) is 14.5. The number of hydrogen-bond acceptors (Lipinski definition) is 7. The minimum atomic E-state index is -0.890. The molecule has 0 radical (unpaired) electrons. The van der Waals surface area contributed by atoms with E-state index in [0.29, 0.717) is 39.0 Å². The van der Waals surface area contributed by atoms with E-state index in [9.17, 15) is 9.59 Å². The standard InChI is InChI=1S/C18H15ClN2O4S3/c19-17-20-9-13(27-17)10-25-12-4-1-3-11(7-12)8-14-16(24)21(18(26)28-14)6-2-5-15(22)23/h1,3-4,7-9H,2,5-6,10H2,(H,22,23). The first-order chi connectivity index (χ1) is 13.4. The SMILES string of the molecule is O=C(O)CCCN1C(=O)C(=Cc2cccc(OCc3cnc(Cl)s3)c2)SC1=S. The summed E-state index contributed by atoms with van der Waals surface area (Å²) in [5, 5.41) is 8.74. The van der Waals surface area contributed by atoms with Crippen molar-refractivity contribution in [3.8, 4) is 5.75 Å². The molecule has 2 heterocycles. The topological polar surface area (TPSA) is 79.7 Å². The zero-order valence-corrected chi connectivity index (χ0v) is 17.7. The van der Waals surface area contributed by atoms with Crippen LogP contribution in [0.3, 0.4) is 0 Å². The Bertz CT molecular complexity index is 944. The zero-order chi connectivity index (χ0) is 20.1. The maximum absolute atomic E-state index is 12.5. The van der Waals surface area contributed by atoms with E-state index in [1.165, 1.54) is 28.0 Å². The van der Waals surface area contributed by atoms with Gasteiger partial charge in [0.25, 0.3) is 5.91 Å². The fourth-order valence-corrected chi connectivity index (χ4v) is 4.63. The summed E-state index contributed by atoms with van der Waals surface area (Å²) in [4.78, 5) is 30.0. The van der Waals surface area contributed by atoms with Gasteiger partial charge in [0, 0.05) is 19.2 Å². The second-order valence-electron chi connectivity index (χ2n) is 5.77. The van der Waals surface area contributed by atoms with Crippen LogP contribution in [0, 0.1) is 0 Å². The van der Waals surface area contributed by atoms with Gasteiger partial charge in [-0.2, -0.15) is 0 Å². The molecule has 1 aromatic heterocycles. The largest absolute Gasteiger partial charge is 0.488 e. The number of hydrogen-bond donors (Lipinski definition) is 1. The molecule has 10 heteroatoms. The summed E-state index contributed by atoms with van der Waals surface area (Å²) >= 11 is 13.6. The van der Waals surface area contributed by atoms with Crippen LogP contribution in [0.2, 0.25) is 4.47 Å². The molecule has 1 amide bonds. The molecule has 0 unspecified atom stereocenters. The predicted molar refractivity (Wildman–Crippen MR) is 115 cm³/mol. The lowest BCUT2D eigenvalue weighted by Gasteiger charge is -2.13. The minimum Gasteiger partial charge on any atom is -0.488 e. The maximum Gasteiger partial charge on any atom is 0.303 e. The summed E-state index contributed by atoms with van der Waals surface area (Å²) in [6.45, 7) is 0.661. The Balaban J connectivity index is 1.65. The summed E-state index contributed by atoms with van der Waals surface area (Å²) in [5.41, 5.74) is 0.811. The van der Waals surface area contributed by atoms with Gasteiger partial charge < -0.3 is 9.84 Å². The molecular formula is C18H15ClN2O4S3. The number of halogens is 1. The Labute approximate surface area is 180 Å². The van der Waals surface area contributed by atoms with E-state index in [1.807, 2.05) is 24.3 Å². The van der Waals surface area contributed by atoms with Crippen molar-refractivity contribution in [3.63, 3.8) is 0 Å². The summed E-state index contributed by atoms with van der Waals surface area (Å²) in [6.07, 6.45) is 3.79. The van der Waals surface area contributed by atoms with Gasteiger partial charge in [-0.15, -0.1) is 11.3 Å². The van der Waals surface area contributed by atoms with Crippen molar-refractivity contribution in [2.75, 3.05) is 6.54 Å². The van der Waals surface area contributed by atoms with Crippen LogP contribution in [0.1, 0.15) is 23.3 Å². The molecule has 1 aromatic carbocycles. The van der Waals surface area contributed by atoms with Gasteiger partial charge in [0.05, 0.1) is 9.78 Å². The van der Waals surface area contributed by atoms with Gasteiger partial charge in [-0.1, -0.05) is 47.7 Å². The number of aromatic nitrogens is 1. The Kier molecular flexibility index (Phi) is 7.06. The molecular weight excluding hydrogens is 440 g/mol. The molecule has 146 valence electrons. The third-order valence-corrected chi connectivity index (χ3v) is 6.17. The number of ether oxygens (including phenoxy) is 1. The van der Waals surface area contributed by atoms with E-state index in [2.05, 4.69) is 4.98 Å². The molecule has 0 bridgehead atoms. The highest BCUT2D eigenvalue weighted by molar-refractivity contribution is 8.26. The number of carbonyl (C=O) groups is 2. The number of carboxylic acid groups (broad SMARTS) is 1. The molecule has 6 nitrogen and oxygen atoms in total. The summed E-state index contributed by atoms with van der Waals surface area (Å²) in [6, 6.07) is 7.37. The number of thiazole rings is 1. The van der Waals surface area contributed by atoms with Crippen LogP contribution >= 0.6 is 46.9 Å². The highest BCUT2D eigenvalue weighted by Gasteiger charge is 2.31. The van der Waals surface area contributed by atoms with E-state index in [1.54, 1.807) is 12.3 Å². The molecule has 1 fully saturated rings. The predicted octanol–water partition coefficient (Wildman–Crippen LogP) is 4.44. The number of thiocarbonyl (C=S) groups is 1. The molecule has 0 spiro atoms. The number of rotatable bonds is 8. The third kappa shape index (κ3) is 5.54. The number of benzene rings is 1. The molecule has 0 saturated carbocycles. The lowest BCUT2D eigenvalue weighted by molar-refractivity contribution is -0.137. The smallest absolute Gasteiger partial charge is 0.303 e. The molecule has 1 aliphatic rings. The summed E-state index contributed by atoms with van der Waals surface area (Å²) in [7, 11) is 0. The van der Waals surface area contributed by atoms with Crippen molar-refractivity contribution in [2.24, 2.45) is 0 Å². The first kappa shape index (κ1) is 20.8. The van der Waals surface area contributed by atoms with E-state index < -0.39 is 5.97 Å². The average molecular weight is 455 g/mol. The number of amides is 1. The van der Waals surface area contributed by atoms with E-state index >= 15 is 0 Å². The fourth-order valence-electron chi connectivity index (χ4n) is 2.43. The van der Waals surface area contributed by atoms with Gasteiger partial charge in [0.15, 0.2) is 4.47 Å². The number of nitrogens with zero attached hydrogens (tertiary/aromatic N) is 2. The van der Waals surface area contributed by atoms with Gasteiger partial charge in [-0.3, -0.25) is 14.5 Å². The van der Waals surface area contributed by atoms with Crippen molar-refractivity contribution in [3.05, 3.63) is 50.3 Å². The quantitative estimate of drug-likeness (QED) is 0.466. The summed E-state index contributed by atoms with van der Waals surface area (Å²) < 4.78 is 6.67. The Hall–Kier alpha value is -1.94. The van der Waals surface area contributed by atoms with Crippen molar-refractivity contribution in [1.82, 2.24) is 9.88 Å². The molecule has 1 saturated heterocycles. The van der Waals surface area contributed by atoms with Crippen molar-refractivity contribution >= 4 is 69.2 Å². The lowest BCUT2D eigenvalue weighted by atomic mass is 10.2. The first-order valence-electron chi connectivity index (χ1n) is 8.22. The van der Waals surface area contributed by atoms with Crippen LogP contribution < -0.4 is 4.74 Å². The number of thioether (sulfide) groups is 1. The lowest BCUT2D eigenvalue weighted by Crippen LogP contribution is -2.29. The number of carboxylic acids is 1. The molecule has 2 aromatic rings. The van der Waals surface area contributed by atoms with Gasteiger partial charge in [-0.05, 0) is 30.2 Å². The second-order valence-corrected chi connectivity index (χ2v) is 9.14. The van der Waals surface area contributed by atoms with Gasteiger partial charge in [0.1, 0.15) is 16.7 Å². The van der Waals surface area contributed by atoms with Crippen molar-refractivity contribution in [2.45, 2.75) is 19.4 Å². The van der Waals surface area contributed by atoms with E-state index in [4.69, 9.17) is 33.7 Å². The maximum atomic E-state index is 12.5. The Morgan fingerprint density at radius 1 is 1.43 bits per heavy atom. The van der Waals surface area contributed by atoms with Crippen molar-refractivity contribution < 1.29 is 19.4 Å². The van der Waals surface area contributed by atoms with Crippen LogP contribution in [0.15, 0.2) is 35.4 Å². The van der Waals surface area contributed by atoms with Gasteiger partial charge in [0.2, 0.25) is 0 Å². The highest BCUT2D eigenvalue weighted by atomic mass is 35.5. The van der Waals surface area contributed by atoms with Crippen LogP contribution in [0.4, 0.5) is 0 Å². The normalized spacial score (nSPS) is 15.5. The Morgan fingerprint density at radius 2 is 2.25 bits per heavy atom. The van der Waals surface area contributed by atoms with Crippen molar-refractivity contribution in [1.29, 1.82) is 0 Å². The molecule has 0 atom stereocenters. The van der Waals surface area contributed by atoms with Crippen LogP contribution in [-0.4, -0.2) is 37.7 Å². The van der Waals surface area contributed by atoms with E-state index in [0.717, 1.165) is 10.4 Å². The van der Waals surface area contributed by atoms with Gasteiger partial charge >= 0.3 is 5.97 Å². The first-order valence-corrected chi connectivity index (χ1v) is 10.6. The van der Waals surface area contributed by atoms with Gasteiger partial charge in [-0.25, -0.2) is 4.98 Å². The fraction of sp³-hybridized carbons (Fsp3) is 0.222. The highest BCUT2D eigenvalue weighted by Crippen LogP contribution is 2.33.